The number of unbranched alkanes of at least 4 members (excludes halogenated alkanes) is 1. The van der Waals surface area contributed by atoms with Crippen LogP contribution in [-0.2, 0) is 19.7 Å². The first-order valence-electron chi connectivity index (χ1n) is 12.4. The highest BCUT2D eigenvalue weighted by molar-refractivity contribution is 7.95. The van der Waals surface area contributed by atoms with E-state index in [2.05, 4.69) is 0 Å². The average Bonchev–Trinajstić information content (AvgIpc) is 2.92. The van der Waals surface area contributed by atoms with Crippen LogP contribution in [0.15, 0.2) is 107 Å². The van der Waals surface area contributed by atoms with Crippen molar-refractivity contribution in [2.75, 3.05) is 5.75 Å². The minimum absolute atomic E-state index is 0.0895. The smallest absolute Gasteiger partial charge is 0.185 e. The summed E-state index contributed by atoms with van der Waals surface area (Å²) in [7, 11) is -8.49. The van der Waals surface area contributed by atoms with Gasteiger partial charge in [0.05, 0.1) is 11.0 Å². The molecule has 0 amide bonds. The lowest BCUT2D eigenvalue weighted by Crippen LogP contribution is -2.30. The summed E-state index contributed by atoms with van der Waals surface area (Å²) < 4.78 is 54.8. The number of hydrogen-bond acceptors (Lipinski definition) is 6. The number of phenols is 2. The molecular formula is C30H30O6S2. The first-order valence-corrected chi connectivity index (χ1v) is 15.6. The molecular weight excluding hydrogens is 520 g/mol. The topological polar surface area (TPSA) is 109 Å². The van der Waals surface area contributed by atoms with Gasteiger partial charge in [-0.2, -0.15) is 0 Å². The molecule has 0 fully saturated rings. The van der Waals surface area contributed by atoms with Crippen LogP contribution in [0.4, 0.5) is 0 Å². The molecule has 1 atom stereocenters. The maximum Gasteiger partial charge on any atom is 0.185 e. The van der Waals surface area contributed by atoms with Crippen LogP contribution in [0.3, 0.4) is 0 Å². The Bertz CT molecular complexity index is 1610. The number of sulfone groups is 2. The van der Waals surface area contributed by atoms with Gasteiger partial charge in [-0.1, -0.05) is 92.6 Å². The van der Waals surface area contributed by atoms with Crippen molar-refractivity contribution >= 4 is 19.7 Å². The van der Waals surface area contributed by atoms with E-state index in [-0.39, 0.29) is 16.2 Å². The minimum Gasteiger partial charge on any atom is -0.507 e. The fourth-order valence-electron chi connectivity index (χ4n) is 4.40. The van der Waals surface area contributed by atoms with Gasteiger partial charge in [-0.05, 0) is 52.9 Å². The molecule has 0 spiro atoms. The van der Waals surface area contributed by atoms with Crippen LogP contribution in [0.25, 0.3) is 22.3 Å². The molecule has 8 heteroatoms. The van der Waals surface area contributed by atoms with Crippen LogP contribution in [0, 0.1) is 0 Å². The lowest BCUT2D eigenvalue weighted by molar-refractivity contribution is 0.456. The number of phenolic OH excluding ortho intramolecular Hbond substituents is 2. The van der Waals surface area contributed by atoms with E-state index in [4.69, 9.17) is 0 Å². The molecule has 4 rings (SSSR count). The van der Waals surface area contributed by atoms with Gasteiger partial charge in [0.15, 0.2) is 19.7 Å². The largest absolute Gasteiger partial charge is 0.507 e. The zero-order chi connectivity index (χ0) is 27.3. The Morgan fingerprint density at radius 2 is 1.11 bits per heavy atom. The SMILES string of the molecule is CCCCC(CS(=O)(=O)c1cc(-c2ccccc2)ccc1O)S(=O)(=O)c1cc(-c2ccccc2)ccc1O. The zero-order valence-electron chi connectivity index (χ0n) is 21.0. The molecule has 0 saturated heterocycles. The fourth-order valence-corrected chi connectivity index (χ4v) is 8.67. The van der Waals surface area contributed by atoms with E-state index in [9.17, 15) is 27.0 Å². The Hall–Kier alpha value is -3.62. The van der Waals surface area contributed by atoms with Gasteiger partial charge >= 0.3 is 0 Å². The third-order valence-corrected chi connectivity index (χ3v) is 10.8. The van der Waals surface area contributed by atoms with E-state index >= 15 is 0 Å². The maximum atomic E-state index is 13.8. The predicted molar refractivity (Wildman–Crippen MR) is 150 cm³/mol. The van der Waals surface area contributed by atoms with Gasteiger partial charge in [-0.15, -0.1) is 0 Å². The van der Waals surface area contributed by atoms with Crippen molar-refractivity contribution < 1.29 is 27.0 Å². The average molecular weight is 551 g/mol. The lowest BCUT2D eigenvalue weighted by atomic mass is 10.1. The Balaban J connectivity index is 1.74. The summed E-state index contributed by atoms with van der Waals surface area (Å²) in [5.41, 5.74) is 2.71. The van der Waals surface area contributed by atoms with E-state index in [0.717, 1.165) is 11.1 Å². The van der Waals surface area contributed by atoms with Gasteiger partial charge in [-0.25, -0.2) is 16.8 Å². The van der Waals surface area contributed by atoms with Crippen molar-refractivity contribution in [1.82, 2.24) is 0 Å². The van der Waals surface area contributed by atoms with Crippen molar-refractivity contribution in [2.24, 2.45) is 0 Å². The third kappa shape index (κ3) is 5.92. The molecule has 0 bridgehead atoms. The molecule has 4 aromatic carbocycles. The van der Waals surface area contributed by atoms with E-state index < -0.39 is 42.2 Å². The van der Waals surface area contributed by atoms with Gasteiger partial charge in [0.25, 0.3) is 0 Å². The molecule has 2 N–H and O–H groups in total. The highest BCUT2D eigenvalue weighted by Crippen LogP contribution is 2.35. The molecule has 0 aliphatic rings. The van der Waals surface area contributed by atoms with Crippen LogP contribution in [-0.4, -0.2) is 38.1 Å². The first kappa shape index (κ1) is 27.4. The van der Waals surface area contributed by atoms with Crippen molar-refractivity contribution in [1.29, 1.82) is 0 Å². The zero-order valence-corrected chi connectivity index (χ0v) is 22.6. The van der Waals surface area contributed by atoms with Crippen molar-refractivity contribution in [3.05, 3.63) is 97.1 Å². The number of rotatable bonds is 10. The van der Waals surface area contributed by atoms with Gasteiger partial charge in [-0.3, -0.25) is 0 Å². The Morgan fingerprint density at radius 3 is 1.61 bits per heavy atom. The highest BCUT2D eigenvalue weighted by atomic mass is 32.2. The highest BCUT2D eigenvalue weighted by Gasteiger charge is 2.35. The van der Waals surface area contributed by atoms with Gasteiger partial charge in [0, 0.05) is 0 Å². The van der Waals surface area contributed by atoms with E-state index in [1.165, 1.54) is 24.3 Å². The second-order valence-corrected chi connectivity index (χ2v) is 13.4. The van der Waals surface area contributed by atoms with Gasteiger partial charge in [0.2, 0.25) is 0 Å². The molecule has 0 saturated carbocycles. The van der Waals surface area contributed by atoms with Gasteiger partial charge in [0.1, 0.15) is 21.3 Å². The monoisotopic (exact) mass is 550 g/mol. The molecule has 1 unspecified atom stereocenters. The van der Waals surface area contributed by atoms with Crippen molar-refractivity contribution in [3.8, 4) is 33.8 Å². The van der Waals surface area contributed by atoms with Crippen LogP contribution >= 0.6 is 0 Å². The Morgan fingerprint density at radius 1 is 0.632 bits per heavy atom. The van der Waals surface area contributed by atoms with E-state index in [0.29, 0.717) is 24.0 Å². The summed E-state index contributed by atoms with van der Waals surface area (Å²) in [6.45, 7) is 1.89. The quantitative estimate of drug-likeness (QED) is 0.242. The standard InChI is InChI=1S/C30H30O6S2/c1-2-3-14-26(38(35,36)30-20-25(16-18-28(30)32)23-12-8-5-9-13-23)21-37(33,34)29-19-24(15-17-27(29)31)22-10-6-4-7-11-22/h4-13,15-20,26,31-32H,2-3,14,21H2,1H3. The molecule has 0 aliphatic carbocycles. The summed E-state index contributed by atoms with van der Waals surface area (Å²) in [5, 5.41) is 19.7. The molecule has 0 aromatic heterocycles. The van der Waals surface area contributed by atoms with Crippen LogP contribution < -0.4 is 0 Å². The lowest BCUT2D eigenvalue weighted by Gasteiger charge is -2.20. The number of benzene rings is 4. The fraction of sp³-hybridized carbons (Fsp3) is 0.200. The predicted octanol–water partition coefficient (Wildman–Crippen LogP) is 6.24. The number of aromatic hydroxyl groups is 2. The number of hydrogen-bond donors (Lipinski definition) is 2. The van der Waals surface area contributed by atoms with E-state index in [1.54, 1.807) is 12.1 Å². The second-order valence-electron chi connectivity index (χ2n) is 9.19. The van der Waals surface area contributed by atoms with Crippen molar-refractivity contribution in [3.63, 3.8) is 0 Å². The van der Waals surface area contributed by atoms with Crippen LogP contribution in [0.1, 0.15) is 26.2 Å². The van der Waals surface area contributed by atoms with E-state index in [1.807, 2.05) is 67.6 Å². The first-order chi connectivity index (χ1) is 18.1. The molecule has 38 heavy (non-hydrogen) atoms. The molecule has 0 aliphatic heterocycles. The third-order valence-electron chi connectivity index (χ3n) is 6.50. The Kier molecular flexibility index (Phi) is 8.23. The van der Waals surface area contributed by atoms with Crippen LogP contribution in [0.2, 0.25) is 0 Å². The van der Waals surface area contributed by atoms with Crippen molar-refractivity contribution in [2.45, 2.75) is 41.2 Å². The summed E-state index contributed by atoms with van der Waals surface area (Å²) in [6.07, 6.45) is 1.23. The van der Waals surface area contributed by atoms with Crippen LogP contribution in [0.5, 0.6) is 11.5 Å². The Labute approximate surface area is 224 Å². The minimum atomic E-state index is -4.26. The summed E-state index contributed by atoms with van der Waals surface area (Å²) in [4.78, 5) is -0.629. The summed E-state index contributed by atoms with van der Waals surface area (Å²) >= 11 is 0. The molecule has 4 aromatic rings. The molecule has 198 valence electrons. The molecule has 0 heterocycles. The maximum absolute atomic E-state index is 13.8. The summed E-state index contributed by atoms with van der Waals surface area (Å²) in [5.74, 6) is -1.60. The molecule has 6 nitrogen and oxygen atoms in total. The normalized spacial score (nSPS) is 12.8. The van der Waals surface area contributed by atoms with Gasteiger partial charge < -0.3 is 10.2 Å². The molecule has 0 radical (unpaired) electrons. The summed E-state index contributed by atoms with van der Waals surface area (Å²) in [6, 6.07) is 26.9. The second kappa shape index (κ2) is 11.4.